The number of likely N-dealkylation sites (N-methyl/N-ethyl adjacent to an activating group) is 1. The fraction of sp³-hybridized carbons (Fsp3) is 0.500. The van der Waals surface area contributed by atoms with Gasteiger partial charge in [-0.25, -0.2) is 0 Å². The van der Waals surface area contributed by atoms with Crippen molar-refractivity contribution in [1.29, 1.82) is 0 Å². The van der Waals surface area contributed by atoms with E-state index in [0.717, 1.165) is 11.4 Å². The molecule has 0 aliphatic carbocycles. The molecule has 1 saturated heterocycles. The molecule has 2 N–H and O–H groups in total. The summed E-state index contributed by atoms with van der Waals surface area (Å²) in [6, 6.07) is 5.47. The van der Waals surface area contributed by atoms with Gasteiger partial charge in [0.1, 0.15) is 0 Å². The molecular weight excluding hydrogens is 260 g/mol. The minimum atomic E-state index is -1.07. The molecule has 0 bridgehead atoms. The predicted octanol–water partition coefficient (Wildman–Crippen LogP) is -0.106. The highest BCUT2D eigenvalue weighted by molar-refractivity contribution is 6.03. The Kier molecular flexibility index (Phi) is 3.37. The molecule has 6 nitrogen and oxygen atoms in total. The van der Waals surface area contributed by atoms with Gasteiger partial charge < -0.3 is 24.7 Å². The Hall–Kier alpha value is -1.63. The molecule has 20 heavy (non-hydrogen) atoms. The number of hydrogen-bond donors (Lipinski definition) is 2. The molecule has 2 unspecified atom stereocenters. The summed E-state index contributed by atoms with van der Waals surface area (Å²) in [5.41, 5.74) is 2.29. The van der Waals surface area contributed by atoms with Gasteiger partial charge in [0.15, 0.2) is 6.10 Å². The number of carbonyl (C=O) groups excluding carboxylic acids is 1. The lowest BCUT2D eigenvalue weighted by molar-refractivity contribution is -0.125. The van der Waals surface area contributed by atoms with Gasteiger partial charge in [-0.3, -0.25) is 4.79 Å². The zero-order chi connectivity index (χ0) is 14.3. The van der Waals surface area contributed by atoms with E-state index in [4.69, 9.17) is 4.74 Å². The van der Waals surface area contributed by atoms with Gasteiger partial charge in [-0.15, -0.1) is 0 Å². The molecule has 6 heteroatoms. The van der Waals surface area contributed by atoms with Crippen LogP contribution in [0.2, 0.25) is 0 Å². The van der Waals surface area contributed by atoms with E-state index in [0.29, 0.717) is 25.3 Å². The van der Waals surface area contributed by atoms with Crippen LogP contribution < -0.4 is 9.80 Å². The maximum atomic E-state index is 11.8. The maximum Gasteiger partial charge on any atom is 0.260 e. The normalized spacial score (nSPS) is 26.1. The van der Waals surface area contributed by atoms with Gasteiger partial charge in [0.25, 0.3) is 5.91 Å². The summed E-state index contributed by atoms with van der Waals surface area (Å²) < 4.78 is 5.37. The first kappa shape index (κ1) is 13.4. The van der Waals surface area contributed by atoms with Crippen LogP contribution in [0.3, 0.4) is 0 Å². The molecular formula is C14H18N2O4. The highest BCUT2D eigenvalue weighted by Gasteiger charge is 2.34. The zero-order valence-corrected chi connectivity index (χ0v) is 11.3. The Morgan fingerprint density at radius 2 is 2.25 bits per heavy atom. The Labute approximate surface area is 117 Å². The Morgan fingerprint density at radius 1 is 1.45 bits per heavy atom. The van der Waals surface area contributed by atoms with Crippen LogP contribution >= 0.6 is 0 Å². The van der Waals surface area contributed by atoms with Crippen LogP contribution in [-0.2, 0) is 9.53 Å². The number of rotatable bonds is 2. The summed E-state index contributed by atoms with van der Waals surface area (Å²) in [6.45, 7) is 1.83. The maximum absolute atomic E-state index is 11.8. The van der Waals surface area contributed by atoms with E-state index in [9.17, 15) is 15.0 Å². The van der Waals surface area contributed by atoms with Crippen LogP contribution in [-0.4, -0.2) is 55.6 Å². The lowest BCUT2D eigenvalue weighted by Crippen LogP contribution is -2.47. The van der Waals surface area contributed by atoms with E-state index in [1.54, 1.807) is 13.1 Å². The molecule has 108 valence electrons. The molecule has 0 radical (unpaired) electrons. The highest BCUT2D eigenvalue weighted by atomic mass is 16.5. The summed E-state index contributed by atoms with van der Waals surface area (Å²) in [7, 11) is 1.66. The molecule has 0 saturated carbocycles. The molecule has 1 amide bonds. The number of aliphatic hydroxyl groups excluding tert-OH is 2. The number of nitrogens with zero attached hydrogens (tertiary/aromatic N) is 2. The molecule has 0 spiro atoms. The number of fused-ring (bicyclic) bond motifs is 1. The lowest BCUT2D eigenvalue weighted by Gasteiger charge is -2.36. The Morgan fingerprint density at radius 3 is 3.00 bits per heavy atom. The van der Waals surface area contributed by atoms with Gasteiger partial charge in [0.2, 0.25) is 0 Å². The Balaban J connectivity index is 1.95. The fourth-order valence-electron chi connectivity index (χ4n) is 2.81. The molecule has 2 heterocycles. The van der Waals surface area contributed by atoms with Crippen molar-refractivity contribution in [2.24, 2.45) is 0 Å². The van der Waals surface area contributed by atoms with Gasteiger partial charge in [0, 0.05) is 24.8 Å². The number of amides is 1. The van der Waals surface area contributed by atoms with Crippen molar-refractivity contribution in [2.45, 2.75) is 12.1 Å². The fourth-order valence-corrected chi connectivity index (χ4v) is 2.81. The summed E-state index contributed by atoms with van der Waals surface area (Å²) in [5.74, 6) is -0.308. The second-order valence-corrected chi connectivity index (χ2v) is 5.15. The standard InChI is InChI=1S/C14H18N2O4/c1-15-12-6-9(2-3-11(12)13(18)14(15)19)16-4-5-20-8-10(16)7-17/h2-3,6,10,13,17-18H,4-5,7-8H2,1H3. The van der Waals surface area contributed by atoms with Crippen molar-refractivity contribution >= 4 is 17.3 Å². The first-order valence-electron chi connectivity index (χ1n) is 6.68. The topological polar surface area (TPSA) is 73.2 Å². The monoisotopic (exact) mass is 278 g/mol. The van der Waals surface area contributed by atoms with Crippen molar-refractivity contribution in [2.75, 3.05) is 43.2 Å². The second-order valence-electron chi connectivity index (χ2n) is 5.15. The predicted molar refractivity (Wildman–Crippen MR) is 73.9 cm³/mol. The molecule has 1 fully saturated rings. The second kappa shape index (κ2) is 5.05. The smallest absolute Gasteiger partial charge is 0.260 e. The van der Waals surface area contributed by atoms with Crippen molar-refractivity contribution < 1.29 is 19.7 Å². The minimum Gasteiger partial charge on any atom is -0.394 e. The van der Waals surface area contributed by atoms with Crippen LogP contribution in [0.25, 0.3) is 0 Å². The number of carbonyl (C=O) groups is 1. The lowest BCUT2D eigenvalue weighted by atomic mass is 10.1. The third kappa shape index (κ3) is 1.96. The number of hydrogen-bond acceptors (Lipinski definition) is 5. The van der Waals surface area contributed by atoms with Gasteiger partial charge in [0.05, 0.1) is 31.5 Å². The van der Waals surface area contributed by atoms with Crippen molar-refractivity contribution in [3.63, 3.8) is 0 Å². The van der Waals surface area contributed by atoms with Crippen LogP contribution in [0.4, 0.5) is 11.4 Å². The van der Waals surface area contributed by atoms with Crippen LogP contribution in [0.15, 0.2) is 18.2 Å². The minimum absolute atomic E-state index is 0.0223. The molecule has 2 aliphatic rings. The number of ether oxygens (including phenoxy) is 1. The average Bonchev–Trinajstić information content (AvgIpc) is 2.71. The summed E-state index contributed by atoms with van der Waals surface area (Å²) in [5, 5.41) is 19.3. The van der Waals surface area contributed by atoms with E-state index in [1.165, 1.54) is 4.90 Å². The van der Waals surface area contributed by atoms with E-state index in [2.05, 4.69) is 4.90 Å². The van der Waals surface area contributed by atoms with Crippen molar-refractivity contribution in [1.82, 2.24) is 0 Å². The number of aliphatic hydroxyl groups is 2. The third-order valence-electron chi connectivity index (χ3n) is 4.00. The first-order valence-corrected chi connectivity index (χ1v) is 6.68. The SMILES string of the molecule is CN1C(=O)C(O)c2ccc(N3CCOCC3CO)cc21. The molecule has 1 aromatic rings. The van der Waals surface area contributed by atoms with Crippen LogP contribution in [0, 0.1) is 0 Å². The molecule has 2 aliphatic heterocycles. The highest BCUT2D eigenvalue weighted by Crippen LogP contribution is 2.37. The van der Waals surface area contributed by atoms with Crippen molar-refractivity contribution in [3.8, 4) is 0 Å². The quantitative estimate of drug-likeness (QED) is 0.790. The van der Waals surface area contributed by atoms with E-state index in [1.807, 2.05) is 12.1 Å². The van der Waals surface area contributed by atoms with Gasteiger partial charge in [-0.05, 0) is 12.1 Å². The average molecular weight is 278 g/mol. The summed E-state index contributed by atoms with van der Waals surface area (Å²) >= 11 is 0. The van der Waals surface area contributed by atoms with E-state index in [-0.39, 0.29) is 18.6 Å². The van der Waals surface area contributed by atoms with Crippen molar-refractivity contribution in [3.05, 3.63) is 23.8 Å². The Bertz CT molecular complexity index is 534. The largest absolute Gasteiger partial charge is 0.394 e. The van der Waals surface area contributed by atoms with Gasteiger partial charge in [-0.1, -0.05) is 6.07 Å². The van der Waals surface area contributed by atoms with Crippen LogP contribution in [0.5, 0.6) is 0 Å². The van der Waals surface area contributed by atoms with Crippen LogP contribution in [0.1, 0.15) is 11.7 Å². The zero-order valence-electron chi connectivity index (χ0n) is 11.3. The van der Waals surface area contributed by atoms with E-state index >= 15 is 0 Å². The number of benzene rings is 1. The van der Waals surface area contributed by atoms with Gasteiger partial charge in [-0.2, -0.15) is 0 Å². The summed E-state index contributed by atoms with van der Waals surface area (Å²) in [4.78, 5) is 15.3. The van der Waals surface area contributed by atoms with Gasteiger partial charge >= 0.3 is 0 Å². The summed E-state index contributed by atoms with van der Waals surface area (Å²) in [6.07, 6.45) is -1.07. The number of anilines is 2. The molecule has 1 aromatic carbocycles. The molecule has 2 atom stereocenters. The van der Waals surface area contributed by atoms with E-state index < -0.39 is 6.10 Å². The third-order valence-corrected chi connectivity index (χ3v) is 4.00. The molecule has 0 aromatic heterocycles. The number of morpholine rings is 1. The molecule has 3 rings (SSSR count). The first-order chi connectivity index (χ1) is 9.63.